The van der Waals surface area contributed by atoms with Crippen molar-refractivity contribution in [3.8, 4) is 0 Å². The van der Waals surface area contributed by atoms with Gasteiger partial charge in [0.25, 0.3) is 0 Å². The van der Waals surface area contributed by atoms with Crippen molar-refractivity contribution in [1.29, 1.82) is 0 Å². The predicted octanol–water partition coefficient (Wildman–Crippen LogP) is 2.62. The number of carbonyl (C=O) groups is 1. The lowest BCUT2D eigenvalue weighted by Gasteiger charge is -2.03. The molecule has 0 amide bonds. The van der Waals surface area contributed by atoms with Gasteiger partial charge in [0.15, 0.2) is 5.13 Å². The fourth-order valence-corrected chi connectivity index (χ4v) is 2.26. The van der Waals surface area contributed by atoms with E-state index in [2.05, 4.69) is 10.3 Å². The molecule has 0 fully saturated rings. The fraction of sp³-hybridized carbons (Fsp3) is 0.0909. The second kappa shape index (κ2) is 5.34. The van der Waals surface area contributed by atoms with Crippen LogP contribution in [-0.2, 0) is 4.79 Å². The molecule has 1 unspecified atom stereocenters. The van der Waals surface area contributed by atoms with Gasteiger partial charge in [-0.25, -0.2) is 4.98 Å². The summed E-state index contributed by atoms with van der Waals surface area (Å²) in [6.07, 6.45) is 0. The third-order valence-corrected chi connectivity index (χ3v) is 3.19. The largest absolute Gasteiger partial charge is 0.480 e. The quantitative estimate of drug-likeness (QED) is 0.803. The first kappa shape index (κ1) is 12.8. The van der Waals surface area contributed by atoms with Crippen LogP contribution in [0.2, 0.25) is 5.02 Å². The van der Waals surface area contributed by atoms with E-state index in [1.165, 1.54) is 11.3 Å². The van der Waals surface area contributed by atoms with E-state index in [0.29, 0.717) is 15.8 Å². The second-order valence-corrected chi connectivity index (χ2v) is 4.82. The number of thiazole rings is 1. The minimum absolute atomic E-state index is 0.331. The Kier molecular flexibility index (Phi) is 3.81. The first-order chi connectivity index (χ1) is 8.56. The average Bonchev–Trinajstić information content (AvgIpc) is 2.76. The van der Waals surface area contributed by atoms with Gasteiger partial charge in [0.2, 0.25) is 0 Å². The molecule has 0 aliphatic carbocycles. The number of benzene rings is 1. The zero-order valence-electron chi connectivity index (χ0n) is 9.13. The molecule has 0 aliphatic rings. The minimum Gasteiger partial charge on any atom is -0.480 e. The van der Waals surface area contributed by atoms with Crippen LogP contribution in [0.1, 0.15) is 11.7 Å². The molecule has 7 heteroatoms. The number of hydrogen-bond donors (Lipinski definition) is 3. The summed E-state index contributed by atoms with van der Waals surface area (Å²) in [6.45, 7) is 0. The van der Waals surface area contributed by atoms with Crippen molar-refractivity contribution >= 4 is 39.7 Å². The minimum atomic E-state index is -1.10. The average molecular weight is 284 g/mol. The van der Waals surface area contributed by atoms with Gasteiger partial charge in [-0.15, -0.1) is 11.3 Å². The number of aromatic nitrogens is 1. The van der Waals surface area contributed by atoms with Gasteiger partial charge in [0.1, 0.15) is 6.04 Å². The molecule has 94 valence electrons. The van der Waals surface area contributed by atoms with Crippen molar-refractivity contribution < 1.29 is 9.90 Å². The molecule has 0 bridgehead atoms. The highest BCUT2D eigenvalue weighted by Gasteiger charge is 2.17. The smallest absolute Gasteiger partial charge is 0.326 e. The van der Waals surface area contributed by atoms with Gasteiger partial charge in [-0.05, 0) is 18.2 Å². The number of nitrogens with zero attached hydrogens (tertiary/aromatic N) is 1. The van der Waals surface area contributed by atoms with E-state index in [9.17, 15) is 4.79 Å². The van der Waals surface area contributed by atoms with E-state index in [1.807, 2.05) is 12.1 Å². The molecule has 1 aromatic carbocycles. The van der Waals surface area contributed by atoms with E-state index in [1.54, 1.807) is 17.5 Å². The van der Waals surface area contributed by atoms with Gasteiger partial charge in [0, 0.05) is 16.1 Å². The Hall–Kier alpha value is -1.63. The lowest BCUT2D eigenvalue weighted by Crippen LogP contribution is -2.20. The Labute approximate surface area is 112 Å². The molecule has 0 saturated heterocycles. The summed E-state index contributed by atoms with van der Waals surface area (Å²) in [7, 11) is 0. The highest BCUT2D eigenvalue weighted by Crippen LogP contribution is 2.24. The van der Waals surface area contributed by atoms with Crippen molar-refractivity contribution in [3.05, 3.63) is 40.4 Å². The van der Waals surface area contributed by atoms with E-state index in [-0.39, 0.29) is 0 Å². The van der Waals surface area contributed by atoms with Gasteiger partial charge in [0.05, 0.1) is 5.69 Å². The Morgan fingerprint density at radius 1 is 1.56 bits per heavy atom. The Morgan fingerprint density at radius 3 is 3.00 bits per heavy atom. The van der Waals surface area contributed by atoms with Crippen LogP contribution in [0, 0.1) is 0 Å². The van der Waals surface area contributed by atoms with Gasteiger partial charge < -0.3 is 16.2 Å². The number of rotatable bonds is 4. The van der Waals surface area contributed by atoms with Crippen LogP contribution >= 0.6 is 22.9 Å². The summed E-state index contributed by atoms with van der Waals surface area (Å²) in [5.74, 6) is -1.10. The summed E-state index contributed by atoms with van der Waals surface area (Å²) >= 11 is 7.14. The number of halogens is 1. The number of carboxylic acids is 1. The molecule has 1 aromatic heterocycles. The zero-order valence-corrected chi connectivity index (χ0v) is 10.7. The molecule has 4 N–H and O–H groups in total. The fourth-order valence-electron chi connectivity index (χ4n) is 1.30. The third-order valence-electron chi connectivity index (χ3n) is 2.18. The highest BCUT2D eigenvalue weighted by atomic mass is 35.5. The summed E-state index contributed by atoms with van der Waals surface area (Å²) in [4.78, 5) is 14.8. The lowest BCUT2D eigenvalue weighted by atomic mass is 10.2. The summed E-state index contributed by atoms with van der Waals surface area (Å²) in [5, 5.41) is 14.6. The molecule has 0 aliphatic heterocycles. The van der Waals surface area contributed by atoms with Crippen molar-refractivity contribution in [2.75, 3.05) is 5.32 Å². The first-order valence-corrected chi connectivity index (χ1v) is 6.28. The lowest BCUT2D eigenvalue weighted by molar-refractivity contribution is -0.138. The predicted molar refractivity (Wildman–Crippen MR) is 71.4 cm³/mol. The Balaban J connectivity index is 2.14. The first-order valence-electron chi connectivity index (χ1n) is 5.02. The number of aliphatic carboxylic acids is 1. The zero-order chi connectivity index (χ0) is 13.1. The van der Waals surface area contributed by atoms with Crippen molar-refractivity contribution in [1.82, 2.24) is 4.98 Å². The maximum Gasteiger partial charge on any atom is 0.326 e. The number of nitrogens with two attached hydrogens (primary N) is 1. The van der Waals surface area contributed by atoms with E-state index in [0.717, 1.165) is 5.69 Å². The second-order valence-electron chi connectivity index (χ2n) is 3.53. The summed E-state index contributed by atoms with van der Waals surface area (Å²) in [5.41, 5.74) is 6.58. The highest BCUT2D eigenvalue weighted by molar-refractivity contribution is 7.13. The monoisotopic (exact) mass is 283 g/mol. The van der Waals surface area contributed by atoms with E-state index >= 15 is 0 Å². The van der Waals surface area contributed by atoms with E-state index < -0.39 is 12.0 Å². The topological polar surface area (TPSA) is 88.2 Å². The molecule has 0 spiro atoms. The van der Waals surface area contributed by atoms with Gasteiger partial charge in [-0.3, -0.25) is 4.79 Å². The molecule has 1 atom stereocenters. The molecule has 0 saturated carbocycles. The molecule has 18 heavy (non-hydrogen) atoms. The van der Waals surface area contributed by atoms with Crippen LogP contribution < -0.4 is 11.1 Å². The van der Waals surface area contributed by atoms with Crippen LogP contribution in [0.4, 0.5) is 10.8 Å². The summed E-state index contributed by atoms with van der Waals surface area (Å²) in [6, 6.07) is 6.06. The third kappa shape index (κ3) is 2.98. The number of hydrogen-bond acceptors (Lipinski definition) is 5. The Morgan fingerprint density at radius 2 is 2.33 bits per heavy atom. The van der Waals surface area contributed by atoms with Crippen LogP contribution in [0.3, 0.4) is 0 Å². The molecule has 2 rings (SSSR count). The van der Waals surface area contributed by atoms with Crippen molar-refractivity contribution in [3.63, 3.8) is 0 Å². The normalized spacial score (nSPS) is 12.1. The summed E-state index contributed by atoms with van der Waals surface area (Å²) < 4.78 is 0. The van der Waals surface area contributed by atoms with Crippen LogP contribution in [0.5, 0.6) is 0 Å². The maximum absolute atomic E-state index is 10.7. The van der Waals surface area contributed by atoms with E-state index in [4.69, 9.17) is 22.4 Å². The van der Waals surface area contributed by atoms with Crippen LogP contribution in [0.15, 0.2) is 29.6 Å². The van der Waals surface area contributed by atoms with Crippen molar-refractivity contribution in [2.45, 2.75) is 6.04 Å². The van der Waals surface area contributed by atoms with Gasteiger partial charge in [-0.1, -0.05) is 17.7 Å². The molecule has 2 aromatic rings. The standard InChI is InChI=1S/C11H10ClN3O2S/c12-6-2-1-3-7(4-6)14-11-15-8(5-18-11)9(13)10(16)17/h1-5,9H,13H2,(H,14,15)(H,16,17). The van der Waals surface area contributed by atoms with Crippen LogP contribution in [0.25, 0.3) is 0 Å². The van der Waals surface area contributed by atoms with Gasteiger partial charge in [-0.2, -0.15) is 0 Å². The molecular weight excluding hydrogens is 274 g/mol. The SMILES string of the molecule is NC(C(=O)O)c1csc(Nc2cccc(Cl)c2)n1. The number of carboxylic acid groups (broad SMARTS) is 1. The molecular formula is C11H10ClN3O2S. The molecule has 0 radical (unpaired) electrons. The molecule has 5 nitrogen and oxygen atoms in total. The number of nitrogens with one attached hydrogen (secondary N) is 1. The Bertz CT molecular complexity index is 573. The molecule has 1 heterocycles. The van der Waals surface area contributed by atoms with Crippen molar-refractivity contribution in [2.24, 2.45) is 5.73 Å². The van der Waals surface area contributed by atoms with Gasteiger partial charge >= 0.3 is 5.97 Å². The maximum atomic E-state index is 10.7. The number of anilines is 2. The van der Waals surface area contributed by atoms with Crippen LogP contribution in [-0.4, -0.2) is 16.1 Å².